The number of anilines is 1. The molecule has 1 atom stereocenters. The molecule has 6 heteroatoms. The molecular formula is C21H23N3O3. The Bertz CT molecular complexity index is 855. The molecular weight excluding hydrogens is 342 g/mol. The van der Waals surface area contributed by atoms with Crippen LogP contribution in [0.15, 0.2) is 48.7 Å². The monoisotopic (exact) mass is 365 g/mol. The van der Waals surface area contributed by atoms with Gasteiger partial charge in [-0.15, -0.1) is 0 Å². The van der Waals surface area contributed by atoms with Crippen LogP contribution in [0.25, 0.3) is 0 Å². The van der Waals surface area contributed by atoms with Gasteiger partial charge in [-0.2, -0.15) is 0 Å². The van der Waals surface area contributed by atoms with E-state index in [-0.39, 0.29) is 18.4 Å². The molecule has 2 aliphatic rings. The lowest BCUT2D eigenvalue weighted by molar-refractivity contribution is -0.144. The first kappa shape index (κ1) is 17.7. The number of amides is 2. The summed E-state index contributed by atoms with van der Waals surface area (Å²) in [5.74, 6) is -0.0497. The molecule has 0 saturated carbocycles. The molecule has 2 aromatic rings. The highest BCUT2D eigenvalue weighted by Crippen LogP contribution is 2.32. The van der Waals surface area contributed by atoms with Gasteiger partial charge in [0.25, 0.3) is 11.8 Å². The first-order chi connectivity index (χ1) is 13.1. The van der Waals surface area contributed by atoms with Crippen molar-refractivity contribution in [1.82, 2.24) is 9.88 Å². The maximum atomic E-state index is 13.0. The number of piperidine rings is 1. The van der Waals surface area contributed by atoms with Gasteiger partial charge in [-0.1, -0.05) is 18.2 Å². The predicted octanol–water partition coefficient (Wildman–Crippen LogP) is 2.43. The Morgan fingerprint density at radius 3 is 2.78 bits per heavy atom. The second-order valence-corrected chi connectivity index (χ2v) is 7.30. The maximum Gasteiger partial charge on any atom is 0.254 e. The third-order valence-electron chi connectivity index (χ3n) is 5.29. The van der Waals surface area contributed by atoms with Crippen molar-refractivity contribution in [1.29, 1.82) is 0 Å². The van der Waals surface area contributed by atoms with Crippen LogP contribution >= 0.6 is 0 Å². The molecule has 27 heavy (non-hydrogen) atoms. The van der Waals surface area contributed by atoms with E-state index in [0.29, 0.717) is 25.2 Å². The molecule has 4 rings (SSSR count). The second-order valence-electron chi connectivity index (χ2n) is 7.30. The molecule has 1 unspecified atom stereocenters. The van der Waals surface area contributed by atoms with Gasteiger partial charge in [0.2, 0.25) is 0 Å². The third-order valence-corrected chi connectivity index (χ3v) is 5.29. The average Bonchev–Trinajstić information content (AvgIpc) is 2.70. The van der Waals surface area contributed by atoms with Crippen LogP contribution in [-0.2, 0) is 9.53 Å². The first-order valence-corrected chi connectivity index (χ1v) is 9.28. The quantitative estimate of drug-likeness (QED) is 0.820. The number of morpholine rings is 1. The standard InChI is InChI=1S/C21H23N3O3/c1-16-12-17(8-10-22-16)20(26)23-11-5-9-21(14-23)15-24(19(25)13-27-21)18-6-3-2-4-7-18/h2-4,6-8,10,12H,5,9,11,13-15H2,1H3. The van der Waals surface area contributed by atoms with Crippen LogP contribution in [0.1, 0.15) is 28.9 Å². The highest BCUT2D eigenvalue weighted by molar-refractivity contribution is 5.96. The Kier molecular flexibility index (Phi) is 4.66. The molecule has 0 N–H and O–H groups in total. The molecule has 0 bridgehead atoms. The lowest BCUT2D eigenvalue weighted by Crippen LogP contribution is -2.62. The predicted molar refractivity (Wildman–Crippen MR) is 102 cm³/mol. The number of aromatic nitrogens is 1. The van der Waals surface area contributed by atoms with Crippen molar-refractivity contribution < 1.29 is 14.3 Å². The van der Waals surface area contributed by atoms with Crippen molar-refractivity contribution in [3.8, 4) is 0 Å². The second kappa shape index (κ2) is 7.12. The van der Waals surface area contributed by atoms with Crippen molar-refractivity contribution in [3.05, 3.63) is 59.9 Å². The van der Waals surface area contributed by atoms with Crippen LogP contribution < -0.4 is 4.90 Å². The molecule has 6 nitrogen and oxygen atoms in total. The molecule has 2 fully saturated rings. The van der Waals surface area contributed by atoms with Gasteiger partial charge in [-0.25, -0.2) is 0 Å². The summed E-state index contributed by atoms with van der Waals surface area (Å²) in [5, 5.41) is 0. The summed E-state index contributed by atoms with van der Waals surface area (Å²) in [6, 6.07) is 13.2. The van der Waals surface area contributed by atoms with Crippen LogP contribution in [0.2, 0.25) is 0 Å². The third kappa shape index (κ3) is 3.57. The molecule has 1 spiro atoms. The summed E-state index contributed by atoms with van der Waals surface area (Å²) in [5.41, 5.74) is 1.83. The average molecular weight is 365 g/mol. The van der Waals surface area contributed by atoms with Crippen molar-refractivity contribution in [3.63, 3.8) is 0 Å². The number of para-hydroxylation sites is 1. The Labute approximate surface area is 158 Å². The van der Waals surface area contributed by atoms with Gasteiger partial charge in [-0.05, 0) is 44.0 Å². The summed E-state index contributed by atoms with van der Waals surface area (Å²) >= 11 is 0. The zero-order chi connectivity index (χ0) is 18.9. The van der Waals surface area contributed by atoms with Crippen LogP contribution in [0.4, 0.5) is 5.69 Å². The Hall–Kier alpha value is -2.73. The molecule has 2 aliphatic heterocycles. The molecule has 1 aromatic heterocycles. The van der Waals surface area contributed by atoms with Crippen LogP contribution in [-0.4, -0.2) is 53.5 Å². The SMILES string of the molecule is Cc1cc(C(=O)N2CCCC3(C2)CN(c2ccccc2)C(=O)CO3)ccn1. The molecule has 2 amide bonds. The fourth-order valence-electron chi connectivity index (χ4n) is 3.94. The summed E-state index contributed by atoms with van der Waals surface area (Å²) in [7, 11) is 0. The molecule has 2 saturated heterocycles. The molecule has 0 radical (unpaired) electrons. The number of hydrogen-bond donors (Lipinski definition) is 0. The van der Waals surface area contributed by atoms with E-state index in [1.807, 2.05) is 48.2 Å². The zero-order valence-corrected chi connectivity index (χ0v) is 15.4. The largest absolute Gasteiger partial charge is 0.361 e. The summed E-state index contributed by atoms with van der Waals surface area (Å²) in [4.78, 5) is 33.2. The number of carbonyl (C=O) groups is 2. The first-order valence-electron chi connectivity index (χ1n) is 9.28. The minimum atomic E-state index is -0.514. The summed E-state index contributed by atoms with van der Waals surface area (Å²) in [6.07, 6.45) is 3.35. The number of rotatable bonds is 2. The minimum Gasteiger partial charge on any atom is -0.361 e. The van der Waals surface area contributed by atoms with Gasteiger partial charge in [0.1, 0.15) is 12.2 Å². The number of likely N-dealkylation sites (tertiary alicyclic amines) is 1. The van der Waals surface area contributed by atoms with Gasteiger partial charge < -0.3 is 14.5 Å². The van der Waals surface area contributed by atoms with Gasteiger partial charge in [-0.3, -0.25) is 14.6 Å². The van der Waals surface area contributed by atoms with E-state index in [0.717, 1.165) is 24.2 Å². The smallest absolute Gasteiger partial charge is 0.254 e. The highest BCUT2D eigenvalue weighted by Gasteiger charge is 2.44. The summed E-state index contributed by atoms with van der Waals surface area (Å²) in [6.45, 7) is 3.58. The number of carbonyl (C=O) groups excluding carboxylic acids is 2. The number of ether oxygens (including phenoxy) is 1. The van der Waals surface area contributed by atoms with Gasteiger partial charge in [0.15, 0.2) is 0 Å². The fraction of sp³-hybridized carbons (Fsp3) is 0.381. The van der Waals surface area contributed by atoms with Crippen LogP contribution in [0, 0.1) is 6.92 Å². The molecule has 3 heterocycles. The maximum absolute atomic E-state index is 13.0. The topological polar surface area (TPSA) is 62.7 Å². The van der Waals surface area contributed by atoms with Crippen molar-refractivity contribution in [2.45, 2.75) is 25.4 Å². The van der Waals surface area contributed by atoms with E-state index in [1.165, 1.54) is 0 Å². The number of nitrogens with zero attached hydrogens (tertiary/aromatic N) is 3. The van der Waals surface area contributed by atoms with Gasteiger partial charge in [0, 0.05) is 29.7 Å². The number of aryl methyl sites for hydroxylation is 1. The Balaban J connectivity index is 1.54. The molecule has 140 valence electrons. The summed E-state index contributed by atoms with van der Waals surface area (Å²) < 4.78 is 6.01. The van der Waals surface area contributed by atoms with Crippen molar-refractivity contribution >= 4 is 17.5 Å². The molecule has 0 aliphatic carbocycles. The van der Waals surface area contributed by atoms with E-state index < -0.39 is 5.60 Å². The lowest BCUT2D eigenvalue weighted by Gasteiger charge is -2.47. The van der Waals surface area contributed by atoms with E-state index in [2.05, 4.69) is 4.98 Å². The Morgan fingerprint density at radius 2 is 2.00 bits per heavy atom. The normalized spacial score (nSPS) is 22.9. The Morgan fingerprint density at radius 1 is 1.19 bits per heavy atom. The molecule has 1 aromatic carbocycles. The highest BCUT2D eigenvalue weighted by atomic mass is 16.5. The van der Waals surface area contributed by atoms with Crippen LogP contribution in [0.3, 0.4) is 0 Å². The fourth-order valence-corrected chi connectivity index (χ4v) is 3.94. The zero-order valence-electron chi connectivity index (χ0n) is 15.4. The number of pyridine rings is 1. The number of hydrogen-bond acceptors (Lipinski definition) is 4. The van der Waals surface area contributed by atoms with E-state index in [4.69, 9.17) is 4.74 Å². The minimum absolute atomic E-state index is 0.00802. The lowest BCUT2D eigenvalue weighted by atomic mass is 9.90. The van der Waals surface area contributed by atoms with Crippen molar-refractivity contribution in [2.75, 3.05) is 31.1 Å². The van der Waals surface area contributed by atoms with Gasteiger partial charge >= 0.3 is 0 Å². The van der Waals surface area contributed by atoms with Crippen molar-refractivity contribution in [2.24, 2.45) is 0 Å². The van der Waals surface area contributed by atoms with Gasteiger partial charge in [0.05, 0.1) is 13.1 Å². The van der Waals surface area contributed by atoms with E-state index >= 15 is 0 Å². The number of benzene rings is 1. The van der Waals surface area contributed by atoms with E-state index in [9.17, 15) is 9.59 Å². The van der Waals surface area contributed by atoms with Crippen LogP contribution in [0.5, 0.6) is 0 Å². The van der Waals surface area contributed by atoms with E-state index in [1.54, 1.807) is 17.2 Å².